The van der Waals surface area contributed by atoms with Crippen molar-refractivity contribution in [1.29, 1.82) is 0 Å². The lowest BCUT2D eigenvalue weighted by molar-refractivity contribution is -0.137. The molecule has 0 spiro atoms. The second-order valence-corrected chi connectivity index (χ2v) is 5.55. The second-order valence-electron chi connectivity index (χ2n) is 5.55. The molecule has 0 saturated heterocycles. The van der Waals surface area contributed by atoms with Crippen LogP contribution in [0.2, 0.25) is 0 Å². The molecule has 2 amide bonds. The number of rotatable bonds is 7. The Bertz CT molecular complexity index is 472. The summed E-state index contributed by atoms with van der Waals surface area (Å²) in [6.07, 6.45) is 4.03. The van der Waals surface area contributed by atoms with Crippen molar-refractivity contribution >= 4 is 12.0 Å². The Kier molecular flexibility index (Phi) is 5.60. The molecule has 1 aliphatic carbocycles. The van der Waals surface area contributed by atoms with Gasteiger partial charge < -0.3 is 15.7 Å². The molecule has 5 nitrogen and oxygen atoms in total. The van der Waals surface area contributed by atoms with Crippen molar-refractivity contribution in [1.82, 2.24) is 10.6 Å². The monoisotopic (exact) mass is 290 g/mol. The molecule has 5 heteroatoms. The summed E-state index contributed by atoms with van der Waals surface area (Å²) < 4.78 is 0. The van der Waals surface area contributed by atoms with E-state index in [1.807, 2.05) is 30.3 Å². The molecule has 0 aromatic heterocycles. The summed E-state index contributed by atoms with van der Waals surface area (Å²) in [7, 11) is 0. The molecule has 21 heavy (non-hydrogen) atoms. The summed E-state index contributed by atoms with van der Waals surface area (Å²) in [6, 6.07) is 8.98. The van der Waals surface area contributed by atoms with Crippen LogP contribution in [-0.2, 0) is 4.79 Å². The lowest BCUT2D eigenvalue weighted by atomic mass is 9.85. The minimum atomic E-state index is -0.854. The number of hydrogen-bond donors (Lipinski definition) is 3. The van der Waals surface area contributed by atoms with Crippen molar-refractivity contribution < 1.29 is 14.7 Å². The average Bonchev–Trinajstić information content (AvgIpc) is 2.42. The van der Waals surface area contributed by atoms with E-state index in [0.717, 1.165) is 5.56 Å². The van der Waals surface area contributed by atoms with Crippen LogP contribution < -0.4 is 10.6 Å². The molecule has 0 bridgehead atoms. The molecular weight excluding hydrogens is 268 g/mol. The van der Waals surface area contributed by atoms with Crippen LogP contribution in [0, 0.1) is 5.92 Å². The Hall–Kier alpha value is -2.04. The number of carbonyl (C=O) groups is 2. The number of hydrogen-bond acceptors (Lipinski definition) is 2. The minimum Gasteiger partial charge on any atom is -0.481 e. The summed E-state index contributed by atoms with van der Waals surface area (Å²) in [5.41, 5.74) is 0.928. The van der Waals surface area contributed by atoms with Crippen LogP contribution in [0.3, 0.4) is 0 Å². The van der Waals surface area contributed by atoms with Gasteiger partial charge in [-0.2, -0.15) is 0 Å². The fourth-order valence-electron chi connectivity index (χ4n) is 2.42. The lowest BCUT2D eigenvalue weighted by Gasteiger charge is -2.26. The Balaban J connectivity index is 1.87. The van der Waals surface area contributed by atoms with Crippen LogP contribution in [0.15, 0.2) is 30.3 Å². The maximum Gasteiger partial charge on any atom is 0.315 e. The first-order chi connectivity index (χ1) is 10.1. The van der Waals surface area contributed by atoms with Crippen LogP contribution in [0.4, 0.5) is 4.79 Å². The first-order valence-corrected chi connectivity index (χ1v) is 7.46. The van der Waals surface area contributed by atoms with Gasteiger partial charge in [-0.15, -0.1) is 0 Å². The largest absolute Gasteiger partial charge is 0.481 e. The van der Waals surface area contributed by atoms with Gasteiger partial charge in [0.1, 0.15) is 0 Å². The predicted octanol–water partition coefficient (Wildman–Crippen LogP) is 2.69. The maximum absolute atomic E-state index is 11.9. The quantitative estimate of drug-likeness (QED) is 0.722. The number of benzene rings is 1. The molecule has 3 N–H and O–H groups in total. The third-order valence-corrected chi connectivity index (χ3v) is 3.93. The van der Waals surface area contributed by atoms with Gasteiger partial charge in [0, 0.05) is 13.0 Å². The van der Waals surface area contributed by atoms with E-state index in [0.29, 0.717) is 18.9 Å². The van der Waals surface area contributed by atoms with Gasteiger partial charge in [-0.1, -0.05) is 36.8 Å². The number of carbonyl (C=O) groups excluding carboxylic acids is 1. The number of carboxylic acid groups (broad SMARTS) is 1. The fourth-order valence-corrected chi connectivity index (χ4v) is 2.42. The number of aliphatic carboxylic acids is 1. The van der Waals surface area contributed by atoms with E-state index in [9.17, 15) is 9.59 Å². The summed E-state index contributed by atoms with van der Waals surface area (Å²) in [6.45, 7) is 0.701. The Morgan fingerprint density at radius 2 is 1.95 bits per heavy atom. The van der Waals surface area contributed by atoms with Gasteiger partial charge in [0.2, 0.25) is 0 Å². The lowest BCUT2D eigenvalue weighted by Crippen LogP contribution is -2.41. The van der Waals surface area contributed by atoms with Crippen LogP contribution >= 0.6 is 0 Å². The molecule has 0 radical (unpaired) electrons. The summed E-state index contributed by atoms with van der Waals surface area (Å²) >= 11 is 0. The van der Waals surface area contributed by atoms with Crippen molar-refractivity contribution in [3.8, 4) is 0 Å². The number of nitrogens with one attached hydrogen (secondary N) is 2. The molecule has 114 valence electrons. The zero-order valence-corrected chi connectivity index (χ0v) is 12.0. The van der Waals surface area contributed by atoms with E-state index >= 15 is 0 Å². The fraction of sp³-hybridized carbons (Fsp3) is 0.500. The smallest absolute Gasteiger partial charge is 0.315 e. The highest BCUT2D eigenvalue weighted by molar-refractivity contribution is 5.74. The molecule has 1 aliphatic rings. The van der Waals surface area contributed by atoms with Gasteiger partial charge in [0.25, 0.3) is 0 Å². The topological polar surface area (TPSA) is 78.4 Å². The molecule has 1 unspecified atom stereocenters. The van der Waals surface area contributed by atoms with E-state index in [-0.39, 0.29) is 18.5 Å². The number of amides is 2. The highest BCUT2D eigenvalue weighted by atomic mass is 16.4. The molecule has 2 rings (SSSR count). The third-order valence-electron chi connectivity index (χ3n) is 3.93. The van der Waals surface area contributed by atoms with Gasteiger partial charge in [0.05, 0.1) is 6.04 Å². The molecule has 1 saturated carbocycles. The standard InChI is InChI=1S/C16H22N2O3/c19-15(20)10-9-14(13-7-2-1-3-8-13)18-16(21)17-11-12-5-4-6-12/h1-3,7-8,12,14H,4-6,9-11H2,(H,19,20)(H2,17,18,21). The van der Waals surface area contributed by atoms with Gasteiger partial charge in [-0.25, -0.2) is 4.79 Å². The molecular formula is C16H22N2O3. The Labute approximate surface area is 124 Å². The van der Waals surface area contributed by atoms with Crippen LogP contribution in [0.25, 0.3) is 0 Å². The molecule has 1 atom stereocenters. The van der Waals surface area contributed by atoms with E-state index in [4.69, 9.17) is 5.11 Å². The Morgan fingerprint density at radius 3 is 2.52 bits per heavy atom. The van der Waals surface area contributed by atoms with Gasteiger partial charge in [-0.3, -0.25) is 4.79 Å². The normalized spacial score (nSPS) is 15.8. The van der Waals surface area contributed by atoms with Gasteiger partial charge >= 0.3 is 12.0 Å². The molecule has 1 aromatic carbocycles. The number of urea groups is 1. The van der Waals surface area contributed by atoms with Crippen molar-refractivity contribution in [2.45, 2.75) is 38.1 Å². The summed E-state index contributed by atoms with van der Waals surface area (Å²) in [5.74, 6) is -0.252. The van der Waals surface area contributed by atoms with E-state index in [1.165, 1.54) is 19.3 Å². The first-order valence-electron chi connectivity index (χ1n) is 7.46. The molecule has 0 heterocycles. The molecule has 1 fully saturated rings. The van der Waals surface area contributed by atoms with Gasteiger partial charge in [-0.05, 0) is 30.7 Å². The van der Waals surface area contributed by atoms with Crippen molar-refractivity contribution in [2.24, 2.45) is 5.92 Å². The average molecular weight is 290 g/mol. The molecule has 1 aromatic rings. The minimum absolute atomic E-state index is 0.0302. The highest BCUT2D eigenvalue weighted by Gasteiger charge is 2.19. The van der Waals surface area contributed by atoms with Crippen LogP contribution in [0.1, 0.15) is 43.7 Å². The van der Waals surface area contributed by atoms with Crippen LogP contribution in [0.5, 0.6) is 0 Å². The second kappa shape index (κ2) is 7.67. The predicted molar refractivity (Wildman–Crippen MR) is 79.9 cm³/mol. The van der Waals surface area contributed by atoms with Gasteiger partial charge in [0.15, 0.2) is 0 Å². The summed E-state index contributed by atoms with van der Waals surface area (Å²) in [5, 5.41) is 14.6. The van der Waals surface area contributed by atoms with E-state index in [2.05, 4.69) is 10.6 Å². The maximum atomic E-state index is 11.9. The van der Waals surface area contributed by atoms with Crippen molar-refractivity contribution in [3.63, 3.8) is 0 Å². The van der Waals surface area contributed by atoms with E-state index < -0.39 is 5.97 Å². The zero-order chi connectivity index (χ0) is 15.1. The Morgan fingerprint density at radius 1 is 1.24 bits per heavy atom. The first kappa shape index (κ1) is 15.4. The number of carboxylic acids is 1. The zero-order valence-electron chi connectivity index (χ0n) is 12.0. The van der Waals surface area contributed by atoms with Crippen molar-refractivity contribution in [3.05, 3.63) is 35.9 Å². The van der Waals surface area contributed by atoms with Crippen molar-refractivity contribution in [2.75, 3.05) is 6.54 Å². The summed E-state index contributed by atoms with van der Waals surface area (Å²) in [4.78, 5) is 22.7. The van der Waals surface area contributed by atoms with E-state index in [1.54, 1.807) is 0 Å². The highest BCUT2D eigenvalue weighted by Crippen LogP contribution is 2.25. The SMILES string of the molecule is O=C(O)CCC(NC(=O)NCC1CCC1)c1ccccc1. The molecule has 0 aliphatic heterocycles. The van der Waals surface area contributed by atoms with Crippen LogP contribution in [-0.4, -0.2) is 23.7 Å². The third kappa shape index (κ3) is 5.10.